The molecule has 0 N–H and O–H groups in total. The van der Waals surface area contributed by atoms with Crippen molar-refractivity contribution in [3.8, 4) is 23.7 Å². The maximum atomic E-state index is 3.38. The summed E-state index contributed by atoms with van der Waals surface area (Å²) < 4.78 is 0. The lowest BCUT2D eigenvalue weighted by atomic mass is 10.00. The quantitative estimate of drug-likeness (QED) is 0.204. The third kappa shape index (κ3) is 6.00. The topological polar surface area (TPSA) is 0 Å². The number of aryl methyl sites for hydroxylation is 2. The van der Waals surface area contributed by atoms with E-state index < -0.39 is 0 Å². The van der Waals surface area contributed by atoms with Gasteiger partial charge in [-0.15, -0.1) is 0 Å². The smallest absolute Gasteiger partial charge is 0.0327 e. The molecule has 0 saturated heterocycles. The molecule has 0 atom stereocenters. The highest BCUT2D eigenvalue weighted by Gasteiger charge is 2.01. The van der Waals surface area contributed by atoms with Crippen LogP contribution in [0.4, 0.5) is 0 Å². The normalized spacial score (nSPS) is 9.43. The molecule has 0 amide bonds. The van der Waals surface area contributed by atoms with E-state index in [2.05, 4.69) is 135 Å². The molecule has 0 heteroatoms. The Morgan fingerprint density at radius 2 is 0.971 bits per heavy atom. The summed E-state index contributed by atoms with van der Waals surface area (Å²) >= 11 is 0. The van der Waals surface area contributed by atoms with E-state index in [-0.39, 0.29) is 22.3 Å². The minimum Gasteiger partial charge on any atom is -0.0776 e. The van der Waals surface area contributed by atoms with E-state index in [1.165, 1.54) is 32.7 Å². The Labute approximate surface area is 211 Å². The molecule has 0 unspecified atom stereocenters. The Kier molecular flexibility index (Phi) is 9.05. The zero-order valence-electron chi connectivity index (χ0n) is 18.2. The average molecular weight is 455 g/mol. The summed E-state index contributed by atoms with van der Waals surface area (Å²) in [6.07, 6.45) is 0. The molecule has 5 aromatic carbocycles. The fraction of sp³-hybridized carbons (Fsp3) is 0.143. The van der Waals surface area contributed by atoms with Gasteiger partial charge in [0.25, 0.3) is 0 Å². The standard InChI is InChI=1S/C32H22.3CH4/c1-23-7-10-25(11-8-23)12-13-26-15-19-30-22-27(16-20-29(30)21-26)14-18-28-17-9-24(2)31-5-3-4-6-32(28)31;;;/h3-11,15-17,19-22H,1-2H3;3*1H4. The zero-order valence-corrected chi connectivity index (χ0v) is 18.2. The molecule has 0 fully saturated rings. The Morgan fingerprint density at radius 3 is 1.60 bits per heavy atom. The van der Waals surface area contributed by atoms with Crippen LogP contribution in [0.5, 0.6) is 0 Å². The second kappa shape index (κ2) is 11.7. The van der Waals surface area contributed by atoms with Gasteiger partial charge in [-0.25, -0.2) is 0 Å². The van der Waals surface area contributed by atoms with Gasteiger partial charge in [-0.1, -0.05) is 106 Å². The molecule has 0 bridgehead atoms. The van der Waals surface area contributed by atoms with Gasteiger partial charge in [-0.2, -0.15) is 0 Å². The van der Waals surface area contributed by atoms with Crippen LogP contribution in [-0.4, -0.2) is 0 Å². The van der Waals surface area contributed by atoms with Gasteiger partial charge in [0, 0.05) is 22.3 Å². The van der Waals surface area contributed by atoms with Gasteiger partial charge >= 0.3 is 0 Å². The van der Waals surface area contributed by atoms with E-state index in [1.807, 2.05) is 0 Å². The first kappa shape index (κ1) is 27.0. The van der Waals surface area contributed by atoms with Crippen LogP contribution in [0.1, 0.15) is 55.7 Å². The highest BCUT2D eigenvalue weighted by atomic mass is 14.0. The number of hydrogen-bond acceptors (Lipinski definition) is 0. The Morgan fingerprint density at radius 1 is 0.457 bits per heavy atom. The van der Waals surface area contributed by atoms with Crippen molar-refractivity contribution in [2.75, 3.05) is 0 Å². The second-order valence-electron chi connectivity index (χ2n) is 8.12. The molecule has 0 aliphatic rings. The molecule has 0 spiro atoms. The van der Waals surface area contributed by atoms with E-state index in [9.17, 15) is 0 Å². The average Bonchev–Trinajstić information content (AvgIpc) is 2.83. The van der Waals surface area contributed by atoms with Crippen molar-refractivity contribution in [2.24, 2.45) is 0 Å². The molecule has 0 saturated carbocycles. The van der Waals surface area contributed by atoms with Crippen LogP contribution in [0.3, 0.4) is 0 Å². The maximum absolute atomic E-state index is 3.38. The third-order valence-corrected chi connectivity index (χ3v) is 5.73. The van der Waals surface area contributed by atoms with Crippen LogP contribution in [0.15, 0.2) is 97.1 Å². The van der Waals surface area contributed by atoms with Gasteiger partial charge in [-0.3, -0.25) is 0 Å². The van der Waals surface area contributed by atoms with E-state index in [1.54, 1.807) is 0 Å². The second-order valence-corrected chi connectivity index (χ2v) is 8.12. The van der Waals surface area contributed by atoms with Crippen molar-refractivity contribution >= 4 is 21.5 Å². The van der Waals surface area contributed by atoms with E-state index in [0.717, 1.165) is 22.3 Å². The molecule has 35 heavy (non-hydrogen) atoms. The van der Waals surface area contributed by atoms with Crippen molar-refractivity contribution in [1.29, 1.82) is 0 Å². The number of hydrogen-bond donors (Lipinski definition) is 0. The van der Waals surface area contributed by atoms with Gasteiger partial charge in [-0.05, 0) is 83.4 Å². The summed E-state index contributed by atoms with van der Waals surface area (Å²) in [5.41, 5.74) is 6.65. The number of benzene rings is 5. The molecule has 0 aliphatic carbocycles. The third-order valence-electron chi connectivity index (χ3n) is 5.73. The Hall–Kier alpha value is -4.26. The molecular formula is C35H34. The predicted octanol–water partition coefficient (Wildman–Crippen LogP) is 9.32. The predicted molar refractivity (Wildman–Crippen MR) is 156 cm³/mol. The van der Waals surface area contributed by atoms with Gasteiger partial charge in [0.15, 0.2) is 0 Å². The minimum atomic E-state index is 0. The van der Waals surface area contributed by atoms with Crippen LogP contribution in [0.2, 0.25) is 0 Å². The monoisotopic (exact) mass is 454 g/mol. The molecular weight excluding hydrogens is 420 g/mol. The summed E-state index contributed by atoms with van der Waals surface area (Å²) in [4.78, 5) is 0. The van der Waals surface area contributed by atoms with Crippen molar-refractivity contribution in [3.05, 3.63) is 130 Å². The molecule has 0 nitrogen and oxygen atoms in total. The summed E-state index contributed by atoms with van der Waals surface area (Å²) in [5.74, 6) is 13.3. The Bertz CT molecular complexity index is 1580. The van der Waals surface area contributed by atoms with E-state index in [0.29, 0.717) is 0 Å². The molecule has 5 aromatic rings. The first-order chi connectivity index (χ1) is 15.7. The van der Waals surface area contributed by atoms with Crippen LogP contribution in [0, 0.1) is 37.5 Å². The fourth-order valence-electron chi connectivity index (χ4n) is 3.88. The van der Waals surface area contributed by atoms with Gasteiger partial charge in [0.2, 0.25) is 0 Å². The fourth-order valence-corrected chi connectivity index (χ4v) is 3.88. The Balaban J connectivity index is 0.00000144. The molecule has 5 rings (SSSR count). The number of rotatable bonds is 0. The lowest BCUT2D eigenvalue weighted by Gasteiger charge is -2.04. The van der Waals surface area contributed by atoms with Gasteiger partial charge in [0.1, 0.15) is 0 Å². The van der Waals surface area contributed by atoms with E-state index in [4.69, 9.17) is 0 Å². The van der Waals surface area contributed by atoms with Crippen molar-refractivity contribution < 1.29 is 0 Å². The molecule has 174 valence electrons. The highest BCUT2D eigenvalue weighted by molar-refractivity contribution is 5.91. The molecule has 0 aromatic heterocycles. The summed E-state index contributed by atoms with van der Waals surface area (Å²) in [7, 11) is 0. The van der Waals surface area contributed by atoms with E-state index >= 15 is 0 Å². The maximum Gasteiger partial charge on any atom is 0.0327 e. The lowest BCUT2D eigenvalue weighted by molar-refractivity contribution is 1.46. The van der Waals surface area contributed by atoms with Gasteiger partial charge < -0.3 is 0 Å². The summed E-state index contributed by atoms with van der Waals surface area (Å²) in [5, 5.41) is 4.81. The van der Waals surface area contributed by atoms with Crippen LogP contribution in [-0.2, 0) is 0 Å². The van der Waals surface area contributed by atoms with Crippen molar-refractivity contribution in [3.63, 3.8) is 0 Å². The first-order valence-corrected chi connectivity index (χ1v) is 10.8. The zero-order chi connectivity index (χ0) is 21.9. The largest absolute Gasteiger partial charge is 0.0776 e. The lowest BCUT2D eigenvalue weighted by Crippen LogP contribution is -1.84. The van der Waals surface area contributed by atoms with Crippen molar-refractivity contribution in [1.82, 2.24) is 0 Å². The van der Waals surface area contributed by atoms with Crippen LogP contribution < -0.4 is 0 Å². The molecule has 0 radical (unpaired) electrons. The minimum absolute atomic E-state index is 0. The number of fused-ring (bicyclic) bond motifs is 2. The first-order valence-electron chi connectivity index (χ1n) is 10.8. The van der Waals surface area contributed by atoms with Crippen LogP contribution >= 0.6 is 0 Å². The summed E-state index contributed by atoms with van der Waals surface area (Å²) in [6.45, 7) is 4.23. The summed E-state index contributed by atoms with van der Waals surface area (Å²) in [6, 6.07) is 33.7. The molecule has 0 heterocycles. The van der Waals surface area contributed by atoms with Crippen LogP contribution in [0.25, 0.3) is 21.5 Å². The highest BCUT2D eigenvalue weighted by Crippen LogP contribution is 2.22. The molecule has 0 aliphatic heterocycles. The SMILES string of the molecule is C.C.C.Cc1ccc(C#Cc2ccc3cc(C#Cc4ccc(C)c5ccccc45)ccc3c2)cc1. The van der Waals surface area contributed by atoms with Gasteiger partial charge in [0.05, 0.1) is 0 Å². The van der Waals surface area contributed by atoms with Crippen molar-refractivity contribution in [2.45, 2.75) is 36.1 Å².